The van der Waals surface area contributed by atoms with Crippen molar-refractivity contribution in [1.29, 1.82) is 0 Å². The third-order valence-corrected chi connectivity index (χ3v) is 5.17. The van der Waals surface area contributed by atoms with E-state index in [1.165, 1.54) is 43.3 Å². The summed E-state index contributed by atoms with van der Waals surface area (Å²) in [7, 11) is 0. The molecule has 0 fully saturated rings. The van der Waals surface area contributed by atoms with Gasteiger partial charge < -0.3 is 29.4 Å². The number of hydrogen-bond donors (Lipinski definition) is 3. The fourth-order valence-corrected chi connectivity index (χ4v) is 3.43. The van der Waals surface area contributed by atoms with Crippen molar-refractivity contribution in [3.05, 3.63) is 71.8 Å². The number of carbonyl (C=O) groups is 1. The summed E-state index contributed by atoms with van der Waals surface area (Å²) in [5, 5.41) is 29.5. The fraction of sp³-hybridized carbons (Fsp3) is 0.167. The van der Waals surface area contributed by atoms with E-state index in [1.807, 2.05) is 0 Å². The first kappa shape index (κ1) is 21.9. The number of phenols is 2. The molecule has 0 aliphatic carbocycles. The van der Waals surface area contributed by atoms with E-state index in [0.717, 1.165) is 0 Å². The molecule has 170 valence electrons. The first-order valence-corrected chi connectivity index (χ1v) is 10.1. The Morgan fingerprint density at radius 2 is 1.79 bits per heavy atom. The number of carboxylic acids is 1. The summed E-state index contributed by atoms with van der Waals surface area (Å²) in [5.41, 5.74) is 1.36. The van der Waals surface area contributed by atoms with Gasteiger partial charge in [0.2, 0.25) is 5.95 Å². The van der Waals surface area contributed by atoms with Gasteiger partial charge in [-0.05, 0) is 68.4 Å². The molecule has 1 atom stereocenters. The number of aliphatic carboxylic acids is 1. The van der Waals surface area contributed by atoms with Crippen LogP contribution >= 0.6 is 0 Å². The molecular weight excluding hydrogens is 431 g/mol. The number of halogens is 1. The molecule has 0 bridgehead atoms. The van der Waals surface area contributed by atoms with Crippen LogP contribution in [-0.2, 0) is 11.3 Å². The fourth-order valence-electron chi connectivity index (χ4n) is 3.43. The van der Waals surface area contributed by atoms with E-state index in [0.29, 0.717) is 33.8 Å². The molecule has 0 amide bonds. The van der Waals surface area contributed by atoms with Gasteiger partial charge in [0, 0.05) is 5.56 Å². The van der Waals surface area contributed by atoms with Gasteiger partial charge in [0.15, 0.2) is 11.9 Å². The van der Waals surface area contributed by atoms with Gasteiger partial charge in [-0.2, -0.15) is 4.39 Å². The highest BCUT2D eigenvalue weighted by molar-refractivity contribution is 5.86. The minimum absolute atomic E-state index is 0.0380. The molecule has 33 heavy (non-hydrogen) atoms. The van der Waals surface area contributed by atoms with Gasteiger partial charge >= 0.3 is 5.97 Å². The van der Waals surface area contributed by atoms with Gasteiger partial charge in [0.1, 0.15) is 28.6 Å². The van der Waals surface area contributed by atoms with Crippen molar-refractivity contribution in [2.75, 3.05) is 0 Å². The van der Waals surface area contributed by atoms with Crippen molar-refractivity contribution in [2.45, 2.75) is 26.5 Å². The molecule has 1 unspecified atom stereocenters. The molecule has 2 aromatic carbocycles. The first-order chi connectivity index (χ1) is 15.7. The van der Waals surface area contributed by atoms with Crippen molar-refractivity contribution in [3.8, 4) is 28.7 Å². The number of aromatic hydroxyl groups is 2. The Balaban J connectivity index is 1.75. The van der Waals surface area contributed by atoms with Crippen LogP contribution in [0.15, 0.2) is 54.6 Å². The summed E-state index contributed by atoms with van der Waals surface area (Å²) < 4.78 is 27.1. The van der Waals surface area contributed by atoms with Crippen molar-refractivity contribution in [2.24, 2.45) is 0 Å². The molecule has 0 saturated carbocycles. The molecule has 0 aliphatic heterocycles. The summed E-state index contributed by atoms with van der Waals surface area (Å²) in [4.78, 5) is 15.1. The molecule has 0 radical (unpaired) electrons. The Labute approximate surface area is 188 Å². The predicted octanol–water partition coefficient (Wildman–Crippen LogP) is 4.59. The van der Waals surface area contributed by atoms with Crippen LogP contribution in [0.4, 0.5) is 4.39 Å². The van der Waals surface area contributed by atoms with E-state index in [1.54, 1.807) is 29.7 Å². The molecule has 2 aromatic heterocycles. The van der Waals surface area contributed by atoms with Crippen LogP contribution < -0.4 is 9.47 Å². The number of ether oxygens (including phenoxy) is 2. The minimum atomic E-state index is -1.12. The second kappa shape index (κ2) is 8.70. The van der Waals surface area contributed by atoms with Crippen LogP contribution in [-0.4, -0.2) is 36.9 Å². The average Bonchev–Trinajstić information content (AvgIpc) is 3.02. The molecule has 8 nitrogen and oxygen atoms in total. The number of rotatable bonds is 7. The number of phenolic OH excluding ortho intramolecular Hbond substituents is 2. The number of aromatic nitrogens is 2. The number of fused-ring (bicyclic) bond motifs is 1. The van der Waals surface area contributed by atoms with Crippen molar-refractivity contribution >= 4 is 17.0 Å². The Kier molecular flexibility index (Phi) is 5.78. The maximum atomic E-state index is 14.0. The molecule has 3 N–H and O–H groups in total. The third kappa shape index (κ3) is 4.52. The zero-order chi connectivity index (χ0) is 23.7. The maximum absolute atomic E-state index is 14.0. The van der Waals surface area contributed by atoms with E-state index < -0.39 is 18.0 Å². The summed E-state index contributed by atoms with van der Waals surface area (Å²) >= 11 is 0. The number of pyridine rings is 1. The van der Waals surface area contributed by atoms with E-state index in [9.17, 15) is 19.4 Å². The number of hydrogen-bond acceptors (Lipinski definition) is 6. The summed E-state index contributed by atoms with van der Waals surface area (Å²) in [6.45, 7) is 3.28. The molecule has 9 heteroatoms. The Bertz CT molecular complexity index is 1330. The zero-order valence-electron chi connectivity index (χ0n) is 17.8. The van der Waals surface area contributed by atoms with Crippen molar-refractivity contribution in [3.63, 3.8) is 0 Å². The van der Waals surface area contributed by atoms with Crippen molar-refractivity contribution < 1.29 is 34.0 Å². The van der Waals surface area contributed by atoms with Gasteiger partial charge in [-0.15, -0.1) is 0 Å². The second-order valence-electron chi connectivity index (χ2n) is 7.49. The second-order valence-corrected chi connectivity index (χ2v) is 7.49. The molecule has 0 saturated heterocycles. The summed E-state index contributed by atoms with van der Waals surface area (Å²) in [6, 6.07) is 13.4. The molecule has 2 heterocycles. The van der Waals surface area contributed by atoms with Gasteiger partial charge in [0.25, 0.3) is 0 Å². The monoisotopic (exact) mass is 452 g/mol. The lowest BCUT2D eigenvalue weighted by molar-refractivity contribution is -0.144. The van der Waals surface area contributed by atoms with Gasteiger partial charge in [0.05, 0.1) is 17.6 Å². The number of benzene rings is 2. The standard InChI is InChI=1S/C24H21FN2O6/c1-13-22(33-17-5-3-16(28)4-6-17)19-8-10-21(25)26-23(19)27(13)12-15-11-18(7-9-20(15)29)32-14(2)24(30)31/h3-11,14,28-29H,12H2,1-2H3,(H,30,31). The number of nitrogens with zero attached hydrogens (tertiary/aromatic N) is 2. The summed E-state index contributed by atoms with van der Waals surface area (Å²) in [5.74, 6) is -0.535. The van der Waals surface area contributed by atoms with Crippen molar-refractivity contribution in [1.82, 2.24) is 9.55 Å². The highest BCUT2D eigenvalue weighted by Crippen LogP contribution is 2.37. The van der Waals surface area contributed by atoms with Gasteiger partial charge in [-0.1, -0.05) is 0 Å². The van der Waals surface area contributed by atoms with E-state index in [-0.39, 0.29) is 23.8 Å². The normalized spacial score (nSPS) is 12.0. The molecule has 0 aliphatic rings. The lowest BCUT2D eigenvalue weighted by Gasteiger charge is -2.14. The topological polar surface area (TPSA) is 114 Å². The average molecular weight is 452 g/mol. The third-order valence-electron chi connectivity index (χ3n) is 5.17. The van der Waals surface area contributed by atoms with Gasteiger partial charge in [-0.25, -0.2) is 9.78 Å². The smallest absolute Gasteiger partial charge is 0.344 e. The van der Waals surface area contributed by atoms with E-state index >= 15 is 0 Å². The van der Waals surface area contributed by atoms with E-state index in [4.69, 9.17) is 14.6 Å². The highest BCUT2D eigenvalue weighted by atomic mass is 19.1. The molecular formula is C24H21FN2O6. The van der Waals surface area contributed by atoms with Crippen LogP contribution in [0.5, 0.6) is 28.7 Å². The Hall–Kier alpha value is -4.27. The quantitative estimate of drug-likeness (QED) is 0.352. The molecule has 4 aromatic rings. The van der Waals surface area contributed by atoms with Crippen LogP contribution in [0.2, 0.25) is 0 Å². The summed E-state index contributed by atoms with van der Waals surface area (Å²) in [6.07, 6.45) is -1.07. The van der Waals surface area contributed by atoms with Crippen LogP contribution in [0.25, 0.3) is 11.0 Å². The molecule has 0 spiro atoms. The highest BCUT2D eigenvalue weighted by Gasteiger charge is 2.20. The predicted molar refractivity (Wildman–Crippen MR) is 118 cm³/mol. The van der Waals surface area contributed by atoms with Crippen LogP contribution in [0, 0.1) is 12.9 Å². The zero-order valence-corrected chi connectivity index (χ0v) is 17.8. The SMILES string of the molecule is Cc1c(Oc2ccc(O)cc2)c2ccc(F)nc2n1Cc1cc(OC(C)C(=O)O)ccc1O. The van der Waals surface area contributed by atoms with Crippen LogP contribution in [0.1, 0.15) is 18.2 Å². The van der Waals surface area contributed by atoms with E-state index in [2.05, 4.69) is 4.98 Å². The van der Waals surface area contributed by atoms with Crippen LogP contribution in [0.3, 0.4) is 0 Å². The number of carboxylic acid groups (broad SMARTS) is 1. The first-order valence-electron chi connectivity index (χ1n) is 10.1. The van der Waals surface area contributed by atoms with Gasteiger partial charge in [-0.3, -0.25) is 0 Å². The molecule has 4 rings (SSSR count). The largest absolute Gasteiger partial charge is 0.508 e. The lowest BCUT2D eigenvalue weighted by Crippen LogP contribution is -2.22. The lowest BCUT2D eigenvalue weighted by atomic mass is 10.2. The Morgan fingerprint density at radius 3 is 2.48 bits per heavy atom. The Morgan fingerprint density at radius 1 is 1.09 bits per heavy atom. The maximum Gasteiger partial charge on any atom is 0.344 e. The minimum Gasteiger partial charge on any atom is -0.508 e.